The van der Waals surface area contributed by atoms with Crippen LogP contribution in [-0.4, -0.2) is 11.6 Å². The molecule has 0 spiro atoms. The molecule has 0 rings (SSSR count). The van der Waals surface area contributed by atoms with E-state index in [4.69, 9.17) is 10.5 Å². The normalized spacial score (nSPS) is 13.9. The van der Waals surface area contributed by atoms with Gasteiger partial charge in [-0.15, -0.1) is 0 Å². The van der Waals surface area contributed by atoms with Gasteiger partial charge in [-0.1, -0.05) is 13.8 Å². The van der Waals surface area contributed by atoms with Gasteiger partial charge >= 0.3 is 0 Å². The maximum Gasteiger partial charge on any atom is 0.159 e. The summed E-state index contributed by atoms with van der Waals surface area (Å²) in [7, 11) is 0. The predicted molar refractivity (Wildman–Crippen MR) is 53.4 cm³/mol. The summed E-state index contributed by atoms with van der Waals surface area (Å²) in [5.74, 6) is 0.154. The Hall–Kier alpha value is -1.42. The molecule has 0 heterocycles. The molecule has 0 saturated carbocycles. The maximum absolute atomic E-state index is 8.75. The molecule has 0 aromatic carbocycles. The van der Waals surface area contributed by atoms with E-state index in [9.17, 15) is 0 Å². The van der Waals surface area contributed by atoms with E-state index in [2.05, 4.69) is 16.3 Å². The lowest BCUT2D eigenvalue weighted by molar-refractivity contribution is 0.464. The molecule has 0 aliphatic rings. The lowest BCUT2D eigenvalue weighted by Gasteiger charge is -2.14. The molecule has 0 aliphatic heterocycles. The fourth-order valence-corrected chi connectivity index (χ4v) is 0.756. The molecule has 0 amide bonds. The minimum Gasteiger partial charge on any atom is -0.198 e. The highest BCUT2D eigenvalue weighted by molar-refractivity contribution is 4.93. The Morgan fingerprint density at radius 1 is 1.29 bits per heavy atom. The van der Waals surface area contributed by atoms with Gasteiger partial charge in [-0.05, 0) is 19.8 Å². The van der Waals surface area contributed by atoms with Crippen LogP contribution in [0.25, 0.3) is 0 Å². The van der Waals surface area contributed by atoms with E-state index in [0.717, 1.165) is 0 Å². The topological polar surface area (TPSA) is 72.3 Å². The van der Waals surface area contributed by atoms with Gasteiger partial charge in [0.05, 0.1) is 24.1 Å². The predicted octanol–water partition coefficient (Wildman–Crippen LogP) is 2.68. The molecule has 0 N–H and O–H groups in total. The van der Waals surface area contributed by atoms with Crippen molar-refractivity contribution in [3.8, 4) is 12.1 Å². The molecule has 4 heteroatoms. The minimum atomic E-state index is -0.487. The standard InChI is InChI=1S/C10H16N4/c1-8(2)9(7-12)13-14-10(3,4)5-6-11/h8-9H,5H2,1-4H3. The first-order chi connectivity index (χ1) is 6.43. The van der Waals surface area contributed by atoms with E-state index in [-0.39, 0.29) is 5.92 Å². The Morgan fingerprint density at radius 3 is 2.21 bits per heavy atom. The molecule has 0 aromatic rings. The summed E-state index contributed by atoms with van der Waals surface area (Å²) >= 11 is 0. The molecule has 14 heavy (non-hydrogen) atoms. The number of rotatable bonds is 4. The van der Waals surface area contributed by atoms with Crippen LogP contribution >= 0.6 is 0 Å². The van der Waals surface area contributed by atoms with E-state index >= 15 is 0 Å². The SMILES string of the molecule is CC(C)C(C#N)N=NC(C)(C)CC#N. The van der Waals surface area contributed by atoms with Crippen LogP contribution in [0.15, 0.2) is 10.2 Å². The molecule has 0 bridgehead atoms. The average Bonchev–Trinajstić information content (AvgIpc) is 2.04. The Morgan fingerprint density at radius 2 is 1.86 bits per heavy atom. The number of nitrogens with zero attached hydrogens (tertiary/aromatic N) is 4. The van der Waals surface area contributed by atoms with Crippen LogP contribution in [0.4, 0.5) is 0 Å². The Balaban J connectivity index is 4.43. The van der Waals surface area contributed by atoms with E-state index < -0.39 is 11.6 Å². The van der Waals surface area contributed by atoms with Crippen molar-refractivity contribution in [2.75, 3.05) is 0 Å². The van der Waals surface area contributed by atoms with E-state index in [1.165, 1.54) is 0 Å². The van der Waals surface area contributed by atoms with Gasteiger partial charge in [-0.3, -0.25) is 0 Å². The molecule has 0 aliphatic carbocycles. The van der Waals surface area contributed by atoms with Crippen LogP contribution in [0.1, 0.15) is 34.1 Å². The molecular formula is C10H16N4. The Kier molecular flexibility index (Phi) is 4.80. The summed E-state index contributed by atoms with van der Waals surface area (Å²) < 4.78 is 0. The summed E-state index contributed by atoms with van der Waals surface area (Å²) in [6, 6.07) is 3.71. The number of azo groups is 1. The highest BCUT2D eigenvalue weighted by Crippen LogP contribution is 2.16. The largest absolute Gasteiger partial charge is 0.198 e. The van der Waals surface area contributed by atoms with Crippen molar-refractivity contribution in [2.45, 2.75) is 45.7 Å². The molecule has 0 fully saturated rings. The van der Waals surface area contributed by atoms with E-state index in [0.29, 0.717) is 6.42 Å². The zero-order valence-electron chi connectivity index (χ0n) is 9.15. The molecule has 0 radical (unpaired) electrons. The highest BCUT2D eigenvalue weighted by Gasteiger charge is 2.18. The molecule has 1 unspecified atom stereocenters. The van der Waals surface area contributed by atoms with Gasteiger partial charge < -0.3 is 0 Å². The third-order valence-electron chi connectivity index (χ3n) is 1.73. The van der Waals surface area contributed by atoms with Gasteiger partial charge in [0, 0.05) is 0 Å². The van der Waals surface area contributed by atoms with Gasteiger partial charge in [0.1, 0.15) is 0 Å². The molecule has 4 nitrogen and oxygen atoms in total. The van der Waals surface area contributed by atoms with E-state index in [1.54, 1.807) is 0 Å². The first kappa shape index (κ1) is 12.6. The van der Waals surface area contributed by atoms with Crippen LogP contribution in [0.2, 0.25) is 0 Å². The lowest BCUT2D eigenvalue weighted by atomic mass is 10.0. The fraction of sp³-hybridized carbons (Fsp3) is 0.800. The first-order valence-electron chi connectivity index (χ1n) is 4.61. The van der Waals surface area contributed by atoms with Crippen LogP contribution in [0, 0.1) is 28.6 Å². The summed E-state index contributed by atoms with van der Waals surface area (Å²) in [5, 5.41) is 25.2. The van der Waals surface area contributed by atoms with Crippen LogP contribution in [-0.2, 0) is 0 Å². The number of hydrogen-bond donors (Lipinski definition) is 0. The second-order valence-electron chi connectivity index (χ2n) is 4.18. The monoisotopic (exact) mass is 192 g/mol. The fourth-order valence-electron chi connectivity index (χ4n) is 0.756. The second-order valence-corrected chi connectivity index (χ2v) is 4.18. The van der Waals surface area contributed by atoms with Crippen molar-refractivity contribution in [2.24, 2.45) is 16.1 Å². The first-order valence-corrected chi connectivity index (χ1v) is 4.61. The number of nitriles is 2. The molecule has 1 atom stereocenters. The van der Waals surface area contributed by atoms with Gasteiger partial charge in [-0.25, -0.2) is 0 Å². The highest BCUT2D eigenvalue weighted by atomic mass is 15.2. The third-order valence-corrected chi connectivity index (χ3v) is 1.73. The lowest BCUT2D eigenvalue weighted by Crippen LogP contribution is -2.17. The van der Waals surface area contributed by atoms with Crippen LogP contribution in [0.5, 0.6) is 0 Å². The van der Waals surface area contributed by atoms with Gasteiger partial charge in [-0.2, -0.15) is 20.8 Å². The van der Waals surface area contributed by atoms with Gasteiger partial charge in [0.2, 0.25) is 0 Å². The van der Waals surface area contributed by atoms with Crippen molar-refractivity contribution < 1.29 is 0 Å². The summed E-state index contributed by atoms with van der Waals surface area (Å²) in [5.41, 5.74) is -0.487. The van der Waals surface area contributed by atoms with Crippen LogP contribution in [0.3, 0.4) is 0 Å². The van der Waals surface area contributed by atoms with Crippen molar-refractivity contribution in [3.63, 3.8) is 0 Å². The Bertz CT molecular complexity index is 277. The van der Waals surface area contributed by atoms with Crippen molar-refractivity contribution in [1.82, 2.24) is 0 Å². The summed E-state index contributed by atoms with van der Waals surface area (Å²) in [4.78, 5) is 0. The van der Waals surface area contributed by atoms with Gasteiger partial charge in [0.15, 0.2) is 6.04 Å². The second kappa shape index (κ2) is 5.34. The van der Waals surface area contributed by atoms with Crippen molar-refractivity contribution >= 4 is 0 Å². The molecule has 0 saturated heterocycles. The quantitative estimate of drug-likeness (QED) is 0.642. The van der Waals surface area contributed by atoms with E-state index in [1.807, 2.05) is 33.8 Å². The average molecular weight is 192 g/mol. The third kappa shape index (κ3) is 4.57. The maximum atomic E-state index is 8.75. The molecular weight excluding hydrogens is 176 g/mol. The van der Waals surface area contributed by atoms with Crippen molar-refractivity contribution in [1.29, 1.82) is 10.5 Å². The minimum absolute atomic E-state index is 0.154. The smallest absolute Gasteiger partial charge is 0.159 e. The van der Waals surface area contributed by atoms with Crippen molar-refractivity contribution in [3.05, 3.63) is 0 Å². The molecule has 0 aromatic heterocycles. The Labute approximate surface area is 85.3 Å². The zero-order valence-corrected chi connectivity index (χ0v) is 9.15. The number of hydrogen-bond acceptors (Lipinski definition) is 4. The zero-order chi connectivity index (χ0) is 11.2. The van der Waals surface area contributed by atoms with Crippen LogP contribution < -0.4 is 0 Å². The summed E-state index contributed by atoms with van der Waals surface area (Å²) in [6.07, 6.45) is 0.312. The van der Waals surface area contributed by atoms with Gasteiger partial charge in [0.25, 0.3) is 0 Å². The summed E-state index contributed by atoms with van der Waals surface area (Å²) in [6.45, 7) is 7.50. The molecule has 76 valence electrons.